The third-order valence-corrected chi connectivity index (χ3v) is 2.72. The summed E-state index contributed by atoms with van der Waals surface area (Å²) in [6.45, 7) is 6.82. The van der Waals surface area contributed by atoms with E-state index in [0.29, 0.717) is 13.0 Å². The molecule has 3 nitrogen and oxygen atoms in total. The van der Waals surface area contributed by atoms with Crippen molar-refractivity contribution in [3.05, 3.63) is 0 Å². The van der Waals surface area contributed by atoms with Gasteiger partial charge >= 0.3 is 0 Å². The molecule has 16 heavy (non-hydrogen) atoms. The quantitative estimate of drug-likeness (QED) is 0.585. The molecule has 3 heteroatoms. The standard InChI is InChI=1S/C13H27NO2/c1-4-5-6-7-8-10-13(2,3)16-11-9-12(14)15/h4-11H2,1-3H3,(H2,14,15). The molecule has 2 N–H and O–H groups in total. The first-order chi connectivity index (χ1) is 7.48. The fourth-order valence-electron chi connectivity index (χ4n) is 1.65. The lowest BCUT2D eigenvalue weighted by atomic mass is 9.99. The second-order valence-corrected chi connectivity index (χ2v) is 4.99. The molecule has 96 valence electrons. The number of primary amides is 1. The molecule has 0 unspecified atom stereocenters. The van der Waals surface area contributed by atoms with Gasteiger partial charge < -0.3 is 10.5 Å². The van der Waals surface area contributed by atoms with E-state index < -0.39 is 0 Å². The number of nitrogens with two attached hydrogens (primary N) is 1. The molecule has 0 aliphatic rings. The van der Waals surface area contributed by atoms with Crippen LogP contribution >= 0.6 is 0 Å². The number of ether oxygens (including phenoxy) is 1. The van der Waals surface area contributed by atoms with Crippen LogP contribution in [0, 0.1) is 0 Å². The SMILES string of the molecule is CCCCCCCC(C)(C)OCCC(N)=O. The van der Waals surface area contributed by atoms with E-state index in [-0.39, 0.29) is 11.5 Å². The van der Waals surface area contributed by atoms with Crippen LogP contribution in [0.5, 0.6) is 0 Å². The zero-order valence-corrected chi connectivity index (χ0v) is 11.1. The number of amides is 1. The Morgan fingerprint density at radius 2 is 1.81 bits per heavy atom. The lowest BCUT2D eigenvalue weighted by Gasteiger charge is -2.25. The molecule has 0 saturated carbocycles. The first kappa shape index (κ1) is 15.4. The monoisotopic (exact) mass is 229 g/mol. The van der Waals surface area contributed by atoms with E-state index in [1.807, 2.05) is 0 Å². The molecule has 0 radical (unpaired) electrons. The number of hydrogen-bond acceptors (Lipinski definition) is 2. The van der Waals surface area contributed by atoms with E-state index in [1.54, 1.807) is 0 Å². The van der Waals surface area contributed by atoms with E-state index >= 15 is 0 Å². The van der Waals surface area contributed by atoms with Crippen LogP contribution in [0.25, 0.3) is 0 Å². The number of carbonyl (C=O) groups excluding carboxylic acids is 1. The van der Waals surface area contributed by atoms with Gasteiger partial charge in [0, 0.05) is 6.42 Å². The molecule has 0 heterocycles. The van der Waals surface area contributed by atoms with Gasteiger partial charge in [-0.15, -0.1) is 0 Å². The topological polar surface area (TPSA) is 52.3 Å². The van der Waals surface area contributed by atoms with Crippen LogP contribution in [0.1, 0.15) is 65.7 Å². The van der Waals surface area contributed by atoms with Gasteiger partial charge in [0.25, 0.3) is 0 Å². The summed E-state index contributed by atoms with van der Waals surface area (Å²) in [6.07, 6.45) is 7.75. The van der Waals surface area contributed by atoms with Crippen LogP contribution in [0.4, 0.5) is 0 Å². The van der Waals surface area contributed by atoms with Crippen LogP contribution in [-0.4, -0.2) is 18.1 Å². The number of carbonyl (C=O) groups is 1. The molecule has 0 aromatic heterocycles. The normalized spacial score (nSPS) is 11.7. The lowest BCUT2D eigenvalue weighted by molar-refractivity contribution is -0.120. The Labute approximate surface area is 99.7 Å². The van der Waals surface area contributed by atoms with Crippen LogP contribution in [-0.2, 0) is 9.53 Å². The Morgan fingerprint density at radius 3 is 2.38 bits per heavy atom. The highest BCUT2D eigenvalue weighted by molar-refractivity contribution is 5.73. The predicted molar refractivity (Wildman–Crippen MR) is 67.2 cm³/mol. The molecule has 0 saturated heterocycles. The number of rotatable bonds is 10. The largest absolute Gasteiger partial charge is 0.375 e. The highest BCUT2D eigenvalue weighted by Crippen LogP contribution is 2.19. The van der Waals surface area contributed by atoms with Crippen molar-refractivity contribution in [2.45, 2.75) is 71.3 Å². The van der Waals surface area contributed by atoms with Crippen molar-refractivity contribution in [1.29, 1.82) is 0 Å². The van der Waals surface area contributed by atoms with E-state index in [1.165, 1.54) is 32.1 Å². The van der Waals surface area contributed by atoms with E-state index in [2.05, 4.69) is 20.8 Å². The minimum absolute atomic E-state index is 0.123. The number of unbranched alkanes of at least 4 members (excludes halogenated alkanes) is 4. The molecule has 0 aliphatic carbocycles. The highest BCUT2D eigenvalue weighted by Gasteiger charge is 2.17. The van der Waals surface area contributed by atoms with Crippen molar-refractivity contribution in [2.24, 2.45) is 5.73 Å². The fourth-order valence-corrected chi connectivity index (χ4v) is 1.65. The molecule has 0 spiro atoms. The zero-order valence-electron chi connectivity index (χ0n) is 11.1. The molecule has 0 aromatic rings. The van der Waals surface area contributed by atoms with Gasteiger partial charge in [0.15, 0.2) is 0 Å². The van der Waals surface area contributed by atoms with Crippen molar-refractivity contribution in [1.82, 2.24) is 0 Å². The Morgan fingerprint density at radius 1 is 1.19 bits per heavy atom. The minimum atomic E-state index is -0.293. The van der Waals surface area contributed by atoms with Gasteiger partial charge in [0.1, 0.15) is 0 Å². The molecule has 0 rings (SSSR count). The van der Waals surface area contributed by atoms with Crippen LogP contribution in [0.2, 0.25) is 0 Å². The van der Waals surface area contributed by atoms with Crippen LogP contribution in [0.15, 0.2) is 0 Å². The zero-order chi connectivity index (χ0) is 12.4. The van der Waals surface area contributed by atoms with Gasteiger partial charge in [-0.2, -0.15) is 0 Å². The summed E-state index contributed by atoms with van der Waals surface area (Å²) in [4.78, 5) is 10.6. The maximum absolute atomic E-state index is 10.6. The maximum atomic E-state index is 10.6. The van der Waals surface area contributed by atoms with Gasteiger partial charge in [0.05, 0.1) is 12.2 Å². The van der Waals surface area contributed by atoms with Gasteiger partial charge in [-0.1, -0.05) is 39.0 Å². The Balaban J connectivity index is 3.49. The molecule has 0 aliphatic heterocycles. The lowest BCUT2D eigenvalue weighted by Crippen LogP contribution is -2.26. The molecule has 0 aromatic carbocycles. The first-order valence-electron chi connectivity index (χ1n) is 6.40. The maximum Gasteiger partial charge on any atom is 0.219 e. The molecule has 1 amide bonds. The summed E-state index contributed by atoms with van der Waals surface area (Å²) in [7, 11) is 0. The van der Waals surface area contributed by atoms with Crippen molar-refractivity contribution < 1.29 is 9.53 Å². The molecule has 0 bridgehead atoms. The van der Waals surface area contributed by atoms with Crippen molar-refractivity contribution >= 4 is 5.91 Å². The van der Waals surface area contributed by atoms with Crippen molar-refractivity contribution in [3.8, 4) is 0 Å². The van der Waals surface area contributed by atoms with E-state index in [4.69, 9.17) is 10.5 Å². The van der Waals surface area contributed by atoms with E-state index in [0.717, 1.165) is 6.42 Å². The minimum Gasteiger partial charge on any atom is -0.375 e. The van der Waals surface area contributed by atoms with E-state index in [9.17, 15) is 4.79 Å². The van der Waals surface area contributed by atoms with Gasteiger partial charge in [-0.25, -0.2) is 0 Å². The number of hydrogen-bond donors (Lipinski definition) is 1. The fraction of sp³-hybridized carbons (Fsp3) is 0.923. The summed E-state index contributed by atoms with van der Waals surface area (Å²) in [5.41, 5.74) is 4.93. The second-order valence-electron chi connectivity index (χ2n) is 4.99. The Hall–Kier alpha value is -0.570. The molecular formula is C13H27NO2. The molecular weight excluding hydrogens is 202 g/mol. The third-order valence-electron chi connectivity index (χ3n) is 2.72. The van der Waals surface area contributed by atoms with Crippen molar-refractivity contribution in [2.75, 3.05) is 6.61 Å². The molecule has 0 atom stereocenters. The second kappa shape index (κ2) is 8.57. The summed E-state index contributed by atoms with van der Waals surface area (Å²) in [5.74, 6) is -0.293. The van der Waals surface area contributed by atoms with Crippen molar-refractivity contribution in [3.63, 3.8) is 0 Å². The molecule has 0 fully saturated rings. The van der Waals surface area contributed by atoms with Gasteiger partial charge in [-0.05, 0) is 20.3 Å². The Bertz CT molecular complexity index is 190. The predicted octanol–water partition coefficient (Wildman–Crippen LogP) is 3.02. The van der Waals surface area contributed by atoms with Gasteiger partial charge in [0.2, 0.25) is 5.91 Å². The average molecular weight is 229 g/mol. The van der Waals surface area contributed by atoms with Gasteiger partial charge in [-0.3, -0.25) is 4.79 Å². The third kappa shape index (κ3) is 9.97. The first-order valence-corrected chi connectivity index (χ1v) is 6.40. The van der Waals surface area contributed by atoms with Crippen LogP contribution < -0.4 is 5.73 Å². The average Bonchev–Trinajstić information content (AvgIpc) is 2.16. The van der Waals surface area contributed by atoms with Crippen LogP contribution in [0.3, 0.4) is 0 Å². The summed E-state index contributed by atoms with van der Waals surface area (Å²) >= 11 is 0. The summed E-state index contributed by atoms with van der Waals surface area (Å²) < 4.78 is 5.65. The highest BCUT2D eigenvalue weighted by atomic mass is 16.5. The summed E-state index contributed by atoms with van der Waals surface area (Å²) in [6, 6.07) is 0. The smallest absolute Gasteiger partial charge is 0.219 e. The Kier molecular flexibility index (Phi) is 8.26. The summed E-state index contributed by atoms with van der Waals surface area (Å²) in [5, 5.41) is 0.